The van der Waals surface area contributed by atoms with Gasteiger partial charge in [0.25, 0.3) is 0 Å². The second-order valence-electron chi connectivity index (χ2n) is 5.13. The lowest BCUT2D eigenvalue weighted by molar-refractivity contribution is -0.117. The first-order chi connectivity index (χ1) is 10.5. The molecule has 0 aromatic heterocycles. The van der Waals surface area contributed by atoms with Gasteiger partial charge < -0.3 is 5.32 Å². The monoisotopic (exact) mass is 336 g/mol. The predicted octanol–water partition coefficient (Wildman–Crippen LogP) is 4.67. The third kappa shape index (κ3) is 4.47. The Morgan fingerprint density at radius 3 is 2.41 bits per heavy atom. The average molecular weight is 337 g/mol. The van der Waals surface area contributed by atoms with E-state index >= 15 is 0 Å². The molecule has 0 spiro atoms. The maximum absolute atomic E-state index is 12.3. The molecule has 0 aliphatic heterocycles. The fourth-order valence-electron chi connectivity index (χ4n) is 2.12. The van der Waals surface area contributed by atoms with Crippen LogP contribution >= 0.6 is 23.2 Å². The van der Waals surface area contributed by atoms with Crippen LogP contribution in [0.2, 0.25) is 10.0 Å². The number of nitrogens with one attached hydrogen (secondary N) is 2. The highest BCUT2D eigenvalue weighted by atomic mass is 35.5. The lowest BCUT2D eigenvalue weighted by atomic mass is 10.1. The van der Waals surface area contributed by atoms with Crippen LogP contribution in [0.15, 0.2) is 48.5 Å². The molecule has 1 amide bonds. The number of benzene rings is 2. The Bertz CT molecular complexity index is 646. The Kier molecular flexibility index (Phi) is 5.83. The van der Waals surface area contributed by atoms with E-state index in [-0.39, 0.29) is 18.0 Å². The van der Waals surface area contributed by atoms with Gasteiger partial charge in [-0.2, -0.15) is 0 Å². The molecule has 116 valence electrons. The minimum atomic E-state index is -0.370. The fourth-order valence-corrected chi connectivity index (χ4v) is 2.46. The van der Waals surface area contributed by atoms with Gasteiger partial charge in [-0.05, 0) is 37.6 Å². The number of rotatable bonds is 5. The fraction of sp³-hybridized carbons (Fsp3) is 0.235. The van der Waals surface area contributed by atoms with Gasteiger partial charge in [-0.1, -0.05) is 53.5 Å². The Balaban J connectivity index is 1.99. The largest absolute Gasteiger partial charge is 0.323 e. The zero-order valence-electron chi connectivity index (χ0n) is 12.4. The second-order valence-corrected chi connectivity index (χ2v) is 5.98. The molecule has 2 aromatic rings. The number of halogens is 2. The first-order valence-corrected chi connectivity index (χ1v) is 7.80. The summed E-state index contributed by atoms with van der Waals surface area (Å²) in [5, 5.41) is 7.04. The lowest BCUT2D eigenvalue weighted by Crippen LogP contribution is -2.39. The first-order valence-electron chi connectivity index (χ1n) is 7.04. The smallest absolute Gasteiger partial charge is 0.241 e. The van der Waals surface area contributed by atoms with E-state index < -0.39 is 0 Å². The summed E-state index contributed by atoms with van der Waals surface area (Å²) in [6, 6.07) is 14.6. The van der Waals surface area contributed by atoms with Gasteiger partial charge in [0, 0.05) is 11.1 Å². The summed E-state index contributed by atoms with van der Waals surface area (Å²) in [7, 11) is 0. The molecule has 0 saturated heterocycles. The van der Waals surface area contributed by atoms with Gasteiger partial charge in [-0.3, -0.25) is 10.1 Å². The summed E-state index contributed by atoms with van der Waals surface area (Å²) in [6.45, 7) is 3.83. The third-order valence-corrected chi connectivity index (χ3v) is 3.94. The van der Waals surface area contributed by atoms with E-state index in [2.05, 4.69) is 10.6 Å². The summed E-state index contributed by atoms with van der Waals surface area (Å²) < 4.78 is 0. The first kappa shape index (κ1) is 16.8. The van der Waals surface area contributed by atoms with E-state index in [1.54, 1.807) is 18.2 Å². The van der Waals surface area contributed by atoms with Crippen LogP contribution in [0.3, 0.4) is 0 Å². The van der Waals surface area contributed by atoms with Crippen LogP contribution in [0.1, 0.15) is 25.5 Å². The minimum Gasteiger partial charge on any atom is -0.323 e. The lowest BCUT2D eigenvalue weighted by Gasteiger charge is -2.20. The molecule has 0 fully saturated rings. The molecule has 5 heteroatoms. The van der Waals surface area contributed by atoms with Crippen molar-refractivity contribution >= 4 is 34.8 Å². The molecule has 2 aromatic carbocycles. The molecule has 0 radical (unpaired) electrons. The van der Waals surface area contributed by atoms with E-state index in [0.29, 0.717) is 15.7 Å². The van der Waals surface area contributed by atoms with Gasteiger partial charge in [0.1, 0.15) is 0 Å². The summed E-state index contributed by atoms with van der Waals surface area (Å²) >= 11 is 12.0. The van der Waals surface area contributed by atoms with Crippen molar-refractivity contribution in [3.8, 4) is 0 Å². The van der Waals surface area contributed by atoms with E-state index in [1.807, 2.05) is 44.2 Å². The van der Waals surface area contributed by atoms with E-state index in [0.717, 1.165) is 5.56 Å². The van der Waals surface area contributed by atoms with Crippen LogP contribution in [0.25, 0.3) is 0 Å². The predicted molar refractivity (Wildman–Crippen MR) is 92.5 cm³/mol. The Morgan fingerprint density at radius 2 is 1.73 bits per heavy atom. The molecule has 0 aliphatic rings. The van der Waals surface area contributed by atoms with Crippen molar-refractivity contribution in [3.63, 3.8) is 0 Å². The van der Waals surface area contributed by atoms with Crippen LogP contribution in [-0.2, 0) is 4.79 Å². The number of amides is 1. The number of anilines is 1. The second kappa shape index (κ2) is 7.63. The Labute approximate surface area is 140 Å². The van der Waals surface area contributed by atoms with Crippen LogP contribution in [0.5, 0.6) is 0 Å². The quantitative estimate of drug-likeness (QED) is 0.832. The van der Waals surface area contributed by atoms with Crippen LogP contribution < -0.4 is 10.6 Å². The van der Waals surface area contributed by atoms with Gasteiger partial charge in [0.15, 0.2) is 0 Å². The van der Waals surface area contributed by atoms with E-state index in [4.69, 9.17) is 23.2 Å². The van der Waals surface area contributed by atoms with Crippen molar-refractivity contribution in [3.05, 3.63) is 64.1 Å². The molecule has 2 N–H and O–H groups in total. The topological polar surface area (TPSA) is 41.1 Å². The highest BCUT2D eigenvalue weighted by Gasteiger charge is 2.17. The Hall–Kier alpha value is -1.55. The van der Waals surface area contributed by atoms with Crippen molar-refractivity contribution in [2.45, 2.75) is 25.9 Å². The maximum atomic E-state index is 12.3. The highest BCUT2D eigenvalue weighted by molar-refractivity contribution is 6.35. The number of carbonyl (C=O) groups is 1. The third-order valence-electron chi connectivity index (χ3n) is 3.38. The molecule has 0 saturated carbocycles. The van der Waals surface area contributed by atoms with Gasteiger partial charge in [0.05, 0.1) is 16.8 Å². The SMILES string of the molecule is C[C@H](N[C@H](C)c1ccccc1)C(=O)Nc1cc(Cl)ccc1Cl. The van der Waals surface area contributed by atoms with Gasteiger partial charge in [-0.25, -0.2) is 0 Å². The average Bonchev–Trinajstić information content (AvgIpc) is 2.51. The van der Waals surface area contributed by atoms with Crippen molar-refractivity contribution in [2.24, 2.45) is 0 Å². The molecule has 0 bridgehead atoms. The molecule has 0 heterocycles. The van der Waals surface area contributed by atoms with Crippen molar-refractivity contribution in [1.29, 1.82) is 0 Å². The summed E-state index contributed by atoms with van der Waals surface area (Å²) in [5.41, 5.74) is 1.64. The van der Waals surface area contributed by atoms with Gasteiger partial charge in [0.2, 0.25) is 5.91 Å². The van der Waals surface area contributed by atoms with Gasteiger partial charge >= 0.3 is 0 Å². The molecule has 2 atom stereocenters. The molecule has 3 nitrogen and oxygen atoms in total. The van der Waals surface area contributed by atoms with Gasteiger partial charge in [-0.15, -0.1) is 0 Å². The van der Waals surface area contributed by atoms with E-state index in [9.17, 15) is 4.79 Å². The van der Waals surface area contributed by atoms with Crippen molar-refractivity contribution in [1.82, 2.24) is 5.32 Å². The molecular weight excluding hydrogens is 319 g/mol. The molecule has 0 aliphatic carbocycles. The molecule has 0 unspecified atom stereocenters. The van der Waals surface area contributed by atoms with Crippen LogP contribution in [0.4, 0.5) is 5.69 Å². The number of hydrogen-bond acceptors (Lipinski definition) is 2. The summed E-state index contributed by atoms with van der Waals surface area (Å²) in [5.74, 6) is -0.160. The normalized spacial score (nSPS) is 13.5. The molecule has 2 rings (SSSR count). The molecule has 22 heavy (non-hydrogen) atoms. The summed E-state index contributed by atoms with van der Waals surface area (Å²) in [6.07, 6.45) is 0. The minimum absolute atomic E-state index is 0.0665. The number of carbonyl (C=O) groups excluding carboxylic acids is 1. The van der Waals surface area contributed by atoms with Crippen LogP contribution in [0, 0.1) is 0 Å². The highest BCUT2D eigenvalue weighted by Crippen LogP contribution is 2.25. The number of hydrogen-bond donors (Lipinski definition) is 2. The van der Waals surface area contributed by atoms with E-state index in [1.165, 1.54) is 0 Å². The van der Waals surface area contributed by atoms with Crippen molar-refractivity contribution < 1.29 is 4.79 Å². The van der Waals surface area contributed by atoms with Crippen LogP contribution in [-0.4, -0.2) is 11.9 Å². The zero-order valence-corrected chi connectivity index (χ0v) is 13.9. The maximum Gasteiger partial charge on any atom is 0.241 e. The van der Waals surface area contributed by atoms with Crippen molar-refractivity contribution in [2.75, 3.05) is 5.32 Å². The Morgan fingerprint density at radius 1 is 1.05 bits per heavy atom. The summed E-state index contributed by atoms with van der Waals surface area (Å²) in [4.78, 5) is 12.3. The zero-order chi connectivity index (χ0) is 16.1. The molecular formula is C17H18Cl2N2O. The standard InChI is InChI=1S/C17H18Cl2N2O/c1-11(13-6-4-3-5-7-13)20-12(2)17(22)21-16-10-14(18)8-9-15(16)19/h3-12,20H,1-2H3,(H,21,22)/t11-,12+/m1/s1.